The summed E-state index contributed by atoms with van der Waals surface area (Å²) in [6.07, 6.45) is 0.889. The van der Waals surface area contributed by atoms with Gasteiger partial charge in [0.25, 0.3) is 0 Å². The van der Waals surface area contributed by atoms with E-state index in [-0.39, 0.29) is 24.4 Å². The van der Waals surface area contributed by atoms with Crippen molar-refractivity contribution in [1.82, 2.24) is 0 Å². The monoisotopic (exact) mass is 430 g/mol. The van der Waals surface area contributed by atoms with Crippen molar-refractivity contribution in [2.24, 2.45) is 5.92 Å². The number of carbonyl (C=O) groups is 2. The predicted octanol–water partition coefficient (Wildman–Crippen LogP) is 4.05. The Kier molecular flexibility index (Phi) is 8.36. The molecule has 0 spiro atoms. The number of ether oxygens (including phenoxy) is 3. The molecule has 1 aromatic carbocycles. The van der Waals surface area contributed by atoms with Crippen LogP contribution in [0.3, 0.4) is 0 Å². The van der Waals surface area contributed by atoms with Crippen LogP contribution in [0.5, 0.6) is 5.75 Å². The number of fused-ring (bicyclic) bond motifs is 1. The quantitative estimate of drug-likeness (QED) is 0.251. The smallest absolute Gasteiger partial charge is 0.351 e. The first-order valence-electron chi connectivity index (χ1n) is 9.56. The van der Waals surface area contributed by atoms with E-state index in [9.17, 15) is 14.9 Å². The van der Waals surface area contributed by atoms with E-state index in [2.05, 4.69) is 20.4 Å². The maximum atomic E-state index is 12.6. The predicted molar refractivity (Wildman–Crippen MR) is 115 cm³/mol. The topological polar surface area (TPSA) is 88.9 Å². The van der Waals surface area contributed by atoms with Crippen molar-refractivity contribution in [2.75, 3.05) is 31.8 Å². The number of carbonyl (C=O) groups excluding carboxylic acids is 2. The highest BCUT2D eigenvalue weighted by Gasteiger charge is 2.31. The maximum Gasteiger partial charge on any atom is 0.351 e. The van der Waals surface area contributed by atoms with Crippen LogP contribution in [0.2, 0.25) is 0 Å². The molecular weight excluding hydrogens is 404 g/mol. The van der Waals surface area contributed by atoms with E-state index in [1.165, 1.54) is 18.7 Å². The molecule has 0 radical (unpaired) electrons. The molecule has 1 aliphatic rings. The number of anilines is 1. The standard InChI is InChI=1S/C22H26N2O5S/c1-14(2)8-9-24-18-7-6-16(27-5)12-19(18)30-20(24)17(13-23)22(26)29-11-10-28-21(25)15(3)4/h6-7,12,14H,3,8-11H2,1-2,4-5H3/b20-17-. The third kappa shape index (κ3) is 5.80. The number of benzene rings is 1. The van der Waals surface area contributed by atoms with Crippen molar-refractivity contribution in [3.8, 4) is 11.8 Å². The van der Waals surface area contributed by atoms with Crippen LogP contribution in [-0.4, -0.2) is 38.8 Å². The van der Waals surface area contributed by atoms with E-state index >= 15 is 0 Å². The summed E-state index contributed by atoms with van der Waals surface area (Å²) in [7, 11) is 1.59. The lowest BCUT2D eigenvalue weighted by molar-refractivity contribution is -0.147. The van der Waals surface area contributed by atoms with Gasteiger partial charge < -0.3 is 19.1 Å². The van der Waals surface area contributed by atoms with Crippen LogP contribution in [0.1, 0.15) is 27.2 Å². The molecule has 0 aromatic heterocycles. The van der Waals surface area contributed by atoms with Gasteiger partial charge in [-0.3, -0.25) is 0 Å². The van der Waals surface area contributed by atoms with Gasteiger partial charge in [-0.15, -0.1) is 0 Å². The fourth-order valence-corrected chi connectivity index (χ4v) is 3.83. The molecular formula is C22H26N2O5S. The third-order valence-corrected chi connectivity index (χ3v) is 5.43. The van der Waals surface area contributed by atoms with Crippen molar-refractivity contribution in [2.45, 2.75) is 32.1 Å². The Morgan fingerprint density at radius 3 is 2.47 bits per heavy atom. The molecule has 0 aliphatic carbocycles. The van der Waals surface area contributed by atoms with Crippen LogP contribution in [-0.2, 0) is 19.1 Å². The molecule has 8 heteroatoms. The summed E-state index contributed by atoms with van der Waals surface area (Å²) in [6.45, 7) is 9.66. The number of hydrogen-bond acceptors (Lipinski definition) is 8. The average molecular weight is 431 g/mol. The lowest BCUT2D eigenvalue weighted by Gasteiger charge is -2.22. The van der Waals surface area contributed by atoms with Crippen molar-refractivity contribution in [3.63, 3.8) is 0 Å². The molecule has 0 unspecified atom stereocenters. The van der Waals surface area contributed by atoms with Crippen molar-refractivity contribution in [3.05, 3.63) is 41.0 Å². The molecule has 1 aromatic rings. The summed E-state index contributed by atoms with van der Waals surface area (Å²) in [5, 5.41) is 10.2. The lowest BCUT2D eigenvalue weighted by Crippen LogP contribution is -2.24. The molecule has 0 saturated carbocycles. The van der Waals surface area contributed by atoms with E-state index in [4.69, 9.17) is 14.2 Å². The Labute approximate surface area is 181 Å². The molecule has 7 nitrogen and oxygen atoms in total. The minimum atomic E-state index is -0.749. The fraction of sp³-hybridized carbons (Fsp3) is 0.409. The highest BCUT2D eigenvalue weighted by molar-refractivity contribution is 8.03. The highest BCUT2D eigenvalue weighted by atomic mass is 32.2. The van der Waals surface area contributed by atoms with E-state index in [0.29, 0.717) is 23.2 Å². The number of rotatable bonds is 9. The molecule has 0 atom stereocenters. The van der Waals surface area contributed by atoms with E-state index in [1.807, 2.05) is 29.2 Å². The van der Waals surface area contributed by atoms with Crippen LogP contribution in [0, 0.1) is 17.2 Å². The van der Waals surface area contributed by atoms with Gasteiger partial charge in [-0.2, -0.15) is 5.26 Å². The van der Waals surface area contributed by atoms with Gasteiger partial charge in [0.05, 0.1) is 12.8 Å². The van der Waals surface area contributed by atoms with E-state index in [0.717, 1.165) is 17.0 Å². The van der Waals surface area contributed by atoms with Crippen LogP contribution in [0.15, 0.2) is 45.8 Å². The minimum absolute atomic E-state index is 0.0786. The molecule has 0 bridgehead atoms. The number of esters is 2. The molecule has 0 N–H and O–H groups in total. The zero-order chi connectivity index (χ0) is 22.3. The molecule has 1 heterocycles. The van der Waals surface area contributed by atoms with Crippen LogP contribution in [0.4, 0.5) is 5.69 Å². The summed E-state index contributed by atoms with van der Waals surface area (Å²) >= 11 is 1.34. The second-order valence-corrected chi connectivity index (χ2v) is 8.14. The fourth-order valence-electron chi connectivity index (χ4n) is 2.63. The Morgan fingerprint density at radius 1 is 1.23 bits per heavy atom. The van der Waals surface area contributed by atoms with Gasteiger partial charge in [-0.1, -0.05) is 32.2 Å². The molecule has 0 amide bonds. The Hall–Kier alpha value is -2.92. The minimum Gasteiger partial charge on any atom is -0.497 e. The zero-order valence-electron chi connectivity index (χ0n) is 17.7. The molecule has 2 rings (SSSR count). The molecule has 1 aliphatic heterocycles. The number of methoxy groups -OCH3 is 1. The van der Waals surface area contributed by atoms with Gasteiger partial charge in [0.15, 0.2) is 5.57 Å². The van der Waals surface area contributed by atoms with Gasteiger partial charge in [0.2, 0.25) is 0 Å². The molecule has 30 heavy (non-hydrogen) atoms. The lowest BCUT2D eigenvalue weighted by atomic mass is 10.1. The Morgan fingerprint density at radius 2 is 1.90 bits per heavy atom. The first-order chi connectivity index (χ1) is 14.3. The Balaban J connectivity index is 2.21. The highest BCUT2D eigenvalue weighted by Crippen LogP contribution is 2.48. The third-order valence-electron chi connectivity index (χ3n) is 4.27. The number of nitrogens with zero attached hydrogens (tertiary/aromatic N) is 2. The molecule has 0 saturated heterocycles. The second-order valence-electron chi connectivity index (χ2n) is 7.11. The van der Waals surface area contributed by atoms with Gasteiger partial charge in [0, 0.05) is 17.0 Å². The Bertz CT molecular complexity index is 901. The first-order valence-corrected chi connectivity index (χ1v) is 10.4. The summed E-state index contributed by atoms with van der Waals surface area (Å²) in [5.41, 5.74) is 1.11. The zero-order valence-corrected chi connectivity index (χ0v) is 18.5. The number of nitriles is 1. The normalized spacial score (nSPS) is 14.1. The van der Waals surface area contributed by atoms with E-state index < -0.39 is 11.9 Å². The van der Waals surface area contributed by atoms with Gasteiger partial charge in [0.1, 0.15) is 30.1 Å². The molecule has 0 fully saturated rings. The van der Waals surface area contributed by atoms with Gasteiger partial charge in [-0.25, -0.2) is 9.59 Å². The van der Waals surface area contributed by atoms with Crippen LogP contribution < -0.4 is 9.64 Å². The summed E-state index contributed by atoms with van der Waals surface area (Å²) < 4.78 is 15.4. The summed E-state index contributed by atoms with van der Waals surface area (Å²) in [5.74, 6) is -0.146. The molecule has 160 valence electrons. The van der Waals surface area contributed by atoms with E-state index in [1.54, 1.807) is 7.11 Å². The van der Waals surface area contributed by atoms with Crippen molar-refractivity contribution >= 4 is 29.4 Å². The SMILES string of the molecule is C=C(C)C(=O)OCCOC(=O)/C(C#N)=C1\Sc2cc(OC)ccc2N1CCC(C)C. The van der Waals surface area contributed by atoms with Crippen LogP contribution in [0.25, 0.3) is 0 Å². The summed E-state index contributed by atoms with van der Waals surface area (Å²) in [6, 6.07) is 7.64. The second kappa shape index (κ2) is 10.7. The average Bonchev–Trinajstić information content (AvgIpc) is 3.06. The van der Waals surface area contributed by atoms with Gasteiger partial charge in [-0.05, 0) is 37.5 Å². The van der Waals surface area contributed by atoms with Gasteiger partial charge >= 0.3 is 11.9 Å². The largest absolute Gasteiger partial charge is 0.497 e. The maximum absolute atomic E-state index is 12.6. The summed E-state index contributed by atoms with van der Waals surface area (Å²) in [4.78, 5) is 26.8. The van der Waals surface area contributed by atoms with Crippen molar-refractivity contribution in [1.29, 1.82) is 5.26 Å². The first kappa shape index (κ1) is 23.4. The van der Waals surface area contributed by atoms with Crippen LogP contribution >= 0.6 is 11.8 Å². The number of thioether (sulfide) groups is 1. The number of hydrogen-bond donors (Lipinski definition) is 0. The van der Waals surface area contributed by atoms with Crippen molar-refractivity contribution < 1.29 is 23.8 Å².